The Labute approximate surface area is 167 Å². The highest BCUT2D eigenvalue weighted by molar-refractivity contribution is 6.32. The van der Waals surface area contributed by atoms with Crippen LogP contribution in [0.25, 0.3) is 16.8 Å². The van der Waals surface area contributed by atoms with Gasteiger partial charge in [-0.1, -0.05) is 0 Å². The second kappa shape index (κ2) is 7.20. The molecule has 0 saturated carbocycles. The molecule has 3 aromatic rings. The van der Waals surface area contributed by atoms with E-state index in [4.69, 9.17) is 5.26 Å². The standard InChI is InChI=1S/C21H19N7O/c1-12-4-5-23-9-17(12)18-6-16-19(10-24-18)27-21(29)20(16)14(3)26-15-8-25-28(11-15)13(2)7-22/h4-6,8-11,13,26H,1-3H3,(H,27,29)/b20-14-/t13-/m1/s1. The third kappa shape index (κ3) is 3.34. The van der Waals surface area contributed by atoms with E-state index in [1.807, 2.05) is 26.0 Å². The highest BCUT2D eigenvalue weighted by Crippen LogP contribution is 2.36. The summed E-state index contributed by atoms with van der Waals surface area (Å²) in [5, 5.41) is 19.3. The van der Waals surface area contributed by atoms with E-state index < -0.39 is 0 Å². The fraction of sp³-hybridized carbons (Fsp3) is 0.190. The molecule has 8 nitrogen and oxygen atoms in total. The fourth-order valence-corrected chi connectivity index (χ4v) is 3.27. The Morgan fingerprint density at radius 2 is 2.14 bits per heavy atom. The molecule has 3 aromatic heterocycles. The molecule has 8 heteroatoms. The molecule has 1 aliphatic heterocycles. The number of hydrogen-bond donors (Lipinski definition) is 2. The van der Waals surface area contributed by atoms with E-state index in [-0.39, 0.29) is 11.9 Å². The van der Waals surface area contributed by atoms with Crippen LogP contribution in [-0.4, -0.2) is 25.7 Å². The van der Waals surface area contributed by atoms with Crippen molar-refractivity contribution in [3.05, 3.63) is 59.9 Å². The Morgan fingerprint density at radius 1 is 1.31 bits per heavy atom. The molecule has 0 aliphatic carbocycles. The Kier molecular flexibility index (Phi) is 4.56. The zero-order valence-corrected chi connectivity index (χ0v) is 16.3. The summed E-state index contributed by atoms with van der Waals surface area (Å²) < 4.78 is 1.57. The second-order valence-electron chi connectivity index (χ2n) is 6.90. The molecule has 1 amide bonds. The number of rotatable bonds is 4. The average Bonchev–Trinajstić information content (AvgIpc) is 3.30. The number of pyridine rings is 2. The first-order valence-corrected chi connectivity index (χ1v) is 9.12. The molecule has 29 heavy (non-hydrogen) atoms. The van der Waals surface area contributed by atoms with Crippen molar-refractivity contribution < 1.29 is 4.79 Å². The Hall–Kier alpha value is -3.99. The van der Waals surface area contributed by atoms with Gasteiger partial charge in [-0.2, -0.15) is 10.4 Å². The minimum absolute atomic E-state index is 0.190. The largest absolute Gasteiger partial charge is 0.356 e. The average molecular weight is 385 g/mol. The van der Waals surface area contributed by atoms with Crippen LogP contribution in [0, 0.1) is 18.3 Å². The molecule has 0 radical (unpaired) electrons. The van der Waals surface area contributed by atoms with Gasteiger partial charge in [0.25, 0.3) is 5.91 Å². The molecule has 0 unspecified atom stereocenters. The van der Waals surface area contributed by atoms with Gasteiger partial charge in [-0.15, -0.1) is 0 Å². The highest BCUT2D eigenvalue weighted by atomic mass is 16.2. The number of aryl methyl sites for hydroxylation is 1. The summed E-state index contributed by atoms with van der Waals surface area (Å²) in [6, 6.07) is 5.59. The summed E-state index contributed by atoms with van der Waals surface area (Å²) in [5.41, 5.74) is 6.13. The molecule has 144 valence electrons. The first-order chi connectivity index (χ1) is 14.0. The number of nitrogens with zero attached hydrogens (tertiary/aromatic N) is 5. The van der Waals surface area contributed by atoms with Gasteiger partial charge in [-0.3, -0.25) is 19.4 Å². The molecule has 2 N–H and O–H groups in total. The predicted octanol–water partition coefficient (Wildman–Crippen LogP) is 3.53. The minimum Gasteiger partial charge on any atom is -0.356 e. The third-order valence-corrected chi connectivity index (χ3v) is 4.86. The zero-order valence-electron chi connectivity index (χ0n) is 16.3. The van der Waals surface area contributed by atoms with Crippen LogP contribution in [-0.2, 0) is 4.79 Å². The number of nitriles is 1. The van der Waals surface area contributed by atoms with Crippen molar-refractivity contribution in [1.82, 2.24) is 19.7 Å². The number of aromatic nitrogens is 4. The molecule has 0 aromatic carbocycles. The summed E-state index contributed by atoms with van der Waals surface area (Å²) in [7, 11) is 0. The first-order valence-electron chi connectivity index (χ1n) is 9.12. The van der Waals surface area contributed by atoms with Crippen molar-refractivity contribution in [2.45, 2.75) is 26.8 Å². The van der Waals surface area contributed by atoms with Crippen LogP contribution in [0.15, 0.2) is 48.8 Å². The van der Waals surface area contributed by atoms with Gasteiger partial charge in [-0.25, -0.2) is 0 Å². The summed E-state index contributed by atoms with van der Waals surface area (Å²) in [4.78, 5) is 21.3. The van der Waals surface area contributed by atoms with E-state index in [1.165, 1.54) is 0 Å². The Bertz CT molecular complexity index is 1190. The molecule has 1 aliphatic rings. The molecule has 4 rings (SSSR count). The van der Waals surface area contributed by atoms with Crippen LogP contribution in [0.5, 0.6) is 0 Å². The van der Waals surface area contributed by atoms with E-state index >= 15 is 0 Å². The van der Waals surface area contributed by atoms with Gasteiger partial charge in [-0.05, 0) is 38.5 Å². The van der Waals surface area contributed by atoms with Gasteiger partial charge < -0.3 is 10.6 Å². The van der Waals surface area contributed by atoms with Gasteiger partial charge in [0.15, 0.2) is 0 Å². The van der Waals surface area contributed by atoms with Crippen LogP contribution in [0.2, 0.25) is 0 Å². The number of nitrogens with one attached hydrogen (secondary N) is 2. The normalized spacial score (nSPS) is 15.3. The quantitative estimate of drug-likeness (QED) is 0.665. The smallest absolute Gasteiger partial charge is 0.258 e. The molecule has 0 fully saturated rings. The van der Waals surface area contributed by atoms with Crippen molar-refractivity contribution in [1.29, 1.82) is 5.26 Å². The van der Waals surface area contributed by atoms with Crippen LogP contribution in [0.1, 0.15) is 31.0 Å². The molecule has 4 heterocycles. The van der Waals surface area contributed by atoms with Crippen molar-refractivity contribution >= 4 is 22.9 Å². The SMILES string of the molecule is C/C(Nc1cnn([C@H](C)C#N)c1)=C1/C(=O)Nc2cnc(-c3cnccc3C)cc21. The van der Waals surface area contributed by atoms with Crippen LogP contribution in [0.4, 0.5) is 11.4 Å². The topological polar surface area (TPSA) is 109 Å². The number of hydrogen-bond acceptors (Lipinski definition) is 6. The molecule has 0 bridgehead atoms. The van der Waals surface area contributed by atoms with Gasteiger partial charge >= 0.3 is 0 Å². The first kappa shape index (κ1) is 18.4. The van der Waals surface area contributed by atoms with E-state index in [1.54, 1.807) is 42.6 Å². The van der Waals surface area contributed by atoms with Crippen LogP contribution in [0.3, 0.4) is 0 Å². The lowest BCUT2D eigenvalue weighted by molar-refractivity contribution is -0.110. The van der Waals surface area contributed by atoms with Gasteiger partial charge in [0.05, 0.1) is 41.1 Å². The number of anilines is 2. The Morgan fingerprint density at radius 3 is 2.90 bits per heavy atom. The van der Waals surface area contributed by atoms with E-state index in [0.29, 0.717) is 22.6 Å². The number of amides is 1. The van der Waals surface area contributed by atoms with Crippen molar-refractivity contribution in [2.24, 2.45) is 0 Å². The summed E-state index contributed by atoms with van der Waals surface area (Å²) >= 11 is 0. The fourth-order valence-electron chi connectivity index (χ4n) is 3.27. The number of allylic oxidation sites excluding steroid dienone is 1. The van der Waals surface area contributed by atoms with E-state index in [9.17, 15) is 4.79 Å². The lowest BCUT2D eigenvalue weighted by Gasteiger charge is -2.09. The van der Waals surface area contributed by atoms with Gasteiger partial charge in [0.2, 0.25) is 0 Å². The number of carbonyl (C=O) groups is 1. The molecular weight excluding hydrogens is 366 g/mol. The molecule has 0 saturated heterocycles. The third-order valence-electron chi connectivity index (χ3n) is 4.86. The summed E-state index contributed by atoms with van der Waals surface area (Å²) in [5.74, 6) is -0.190. The maximum Gasteiger partial charge on any atom is 0.258 e. The predicted molar refractivity (Wildman–Crippen MR) is 110 cm³/mol. The lowest BCUT2D eigenvalue weighted by Crippen LogP contribution is -2.08. The second-order valence-corrected chi connectivity index (χ2v) is 6.90. The maximum absolute atomic E-state index is 12.6. The Balaban J connectivity index is 1.71. The summed E-state index contributed by atoms with van der Waals surface area (Å²) in [6.07, 6.45) is 8.55. The zero-order chi connectivity index (χ0) is 20.5. The maximum atomic E-state index is 12.6. The highest BCUT2D eigenvalue weighted by Gasteiger charge is 2.27. The van der Waals surface area contributed by atoms with E-state index in [0.717, 1.165) is 22.4 Å². The van der Waals surface area contributed by atoms with E-state index in [2.05, 4.69) is 31.8 Å². The lowest BCUT2D eigenvalue weighted by atomic mass is 10.0. The van der Waals surface area contributed by atoms with Crippen molar-refractivity contribution in [2.75, 3.05) is 10.6 Å². The summed E-state index contributed by atoms with van der Waals surface area (Å²) in [6.45, 7) is 5.60. The monoisotopic (exact) mass is 385 g/mol. The molecule has 1 atom stereocenters. The number of carbonyl (C=O) groups excluding carboxylic acids is 1. The minimum atomic E-state index is -0.370. The van der Waals surface area contributed by atoms with Crippen LogP contribution >= 0.6 is 0 Å². The number of fused-ring (bicyclic) bond motifs is 1. The van der Waals surface area contributed by atoms with Crippen molar-refractivity contribution in [3.63, 3.8) is 0 Å². The van der Waals surface area contributed by atoms with Crippen LogP contribution < -0.4 is 10.6 Å². The molecular formula is C21H19N7O. The van der Waals surface area contributed by atoms with Gasteiger partial charge in [0.1, 0.15) is 6.04 Å². The van der Waals surface area contributed by atoms with Gasteiger partial charge in [0, 0.05) is 35.4 Å². The van der Waals surface area contributed by atoms with Crippen molar-refractivity contribution in [3.8, 4) is 17.3 Å². The molecule has 0 spiro atoms.